The van der Waals surface area contributed by atoms with Crippen LogP contribution in [0.25, 0.3) is 0 Å². The predicted octanol–water partition coefficient (Wildman–Crippen LogP) is 1.77. The van der Waals surface area contributed by atoms with E-state index in [4.69, 9.17) is 5.73 Å². The number of benzene rings is 1. The summed E-state index contributed by atoms with van der Waals surface area (Å²) in [4.78, 5) is 12.1. The molecule has 100 valence electrons. The number of phenols is 1. The zero-order valence-corrected chi connectivity index (χ0v) is 11.4. The summed E-state index contributed by atoms with van der Waals surface area (Å²) < 4.78 is 0. The monoisotopic (exact) mass is 250 g/mol. The van der Waals surface area contributed by atoms with E-state index in [0.29, 0.717) is 12.1 Å². The van der Waals surface area contributed by atoms with Gasteiger partial charge in [0.15, 0.2) is 0 Å². The van der Waals surface area contributed by atoms with E-state index < -0.39 is 11.0 Å². The van der Waals surface area contributed by atoms with Crippen molar-refractivity contribution in [3.8, 4) is 5.75 Å². The van der Waals surface area contributed by atoms with E-state index >= 15 is 0 Å². The molecule has 0 aliphatic rings. The standard InChI is InChI=1S/C14H22N2O2/c1-13(2,14(3,4)15)12(18)16-9-10-7-5-6-8-11(10)17/h5-8,17H,9,15H2,1-4H3,(H,16,18). The lowest BCUT2D eigenvalue weighted by atomic mass is 9.74. The van der Waals surface area contributed by atoms with E-state index in [1.54, 1.807) is 18.2 Å². The van der Waals surface area contributed by atoms with Crippen LogP contribution >= 0.6 is 0 Å². The summed E-state index contributed by atoms with van der Waals surface area (Å²) in [5.74, 6) is 0.0564. The molecule has 1 aromatic carbocycles. The fourth-order valence-corrected chi connectivity index (χ4v) is 1.35. The highest BCUT2D eigenvalue weighted by atomic mass is 16.3. The minimum atomic E-state index is -0.683. The number of hydrogen-bond acceptors (Lipinski definition) is 3. The van der Waals surface area contributed by atoms with E-state index in [1.807, 2.05) is 33.8 Å². The summed E-state index contributed by atoms with van der Waals surface area (Å²) in [6, 6.07) is 6.93. The summed E-state index contributed by atoms with van der Waals surface area (Å²) in [5, 5.41) is 12.4. The molecule has 0 aliphatic heterocycles. The van der Waals surface area contributed by atoms with Crippen molar-refractivity contribution >= 4 is 5.91 Å². The van der Waals surface area contributed by atoms with E-state index in [2.05, 4.69) is 5.32 Å². The van der Waals surface area contributed by atoms with Gasteiger partial charge in [-0.2, -0.15) is 0 Å². The Hall–Kier alpha value is -1.55. The van der Waals surface area contributed by atoms with Gasteiger partial charge in [-0.1, -0.05) is 18.2 Å². The lowest BCUT2D eigenvalue weighted by Crippen LogP contribution is -2.55. The van der Waals surface area contributed by atoms with Crippen molar-refractivity contribution in [2.24, 2.45) is 11.1 Å². The number of rotatable bonds is 4. The topological polar surface area (TPSA) is 75.4 Å². The molecule has 0 fully saturated rings. The third-order valence-corrected chi connectivity index (χ3v) is 3.61. The molecule has 0 radical (unpaired) electrons. The van der Waals surface area contributed by atoms with Crippen LogP contribution in [0.1, 0.15) is 33.3 Å². The molecule has 18 heavy (non-hydrogen) atoms. The molecule has 0 aliphatic carbocycles. The van der Waals surface area contributed by atoms with Crippen molar-refractivity contribution in [1.29, 1.82) is 0 Å². The fraction of sp³-hybridized carbons (Fsp3) is 0.500. The first-order chi connectivity index (χ1) is 8.16. The number of nitrogens with two attached hydrogens (primary N) is 1. The average Bonchev–Trinajstić information content (AvgIpc) is 2.26. The van der Waals surface area contributed by atoms with Gasteiger partial charge in [-0.05, 0) is 33.8 Å². The van der Waals surface area contributed by atoms with Crippen LogP contribution in [0.3, 0.4) is 0 Å². The van der Waals surface area contributed by atoms with Crippen molar-refractivity contribution in [3.05, 3.63) is 29.8 Å². The number of phenolic OH excluding ortho intramolecular Hbond substituents is 1. The molecule has 0 saturated heterocycles. The summed E-state index contributed by atoms with van der Waals surface area (Å²) in [7, 11) is 0. The predicted molar refractivity (Wildman–Crippen MR) is 72.0 cm³/mol. The van der Waals surface area contributed by atoms with Crippen molar-refractivity contribution in [2.45, 2.75) is 39.8 Å². The molecule has 1 aromatic rings. The van der Waals surface area contributed by atoms with Gasteiger partial charge >= 0.3 is 0 Å². The third-order valence-electron chi connectivity index (χ3n) is 3.61. The second-order valence-electron chi connectivity index (χ2n) is 5.66. The van der Waals surface area contributed by atoms with Crippen LogP contribution in [0, 0.1) is 5.41 Å². The largest absolute Gasteiger partial charge is 0.508 e. The Balaban J connectivity index is 2.71. The molecule has 0 spiro atoms. The van der Waals surface area contributed by atoms with E-state index in [9.17, 15) is 9.90 Å². The molecule has 4 N–H and O–H groups in total. The molecule has 0 unspecified atom stereocenters. The first-order valence-electron chi connectivity index (χ1n) is 6.00. The molecular formula is C14H22N2O2. The van der Waals surface area contributed by atoms with Crippen LogP contribution in [0.5, 0.6) is 5.75 Å². The van der Waals surface area contributed by atoms with Gasteiger partial charge in [0.2, 0.25) is 5.91 Å². The molecule has 0 saturated carbocycles. The summed E-state index contributed by atoms with van der Waals surface area (Å²) in [5.41, 5.74) is 5.40. The highest BCUT2D eigenvalue weighted by Crippen LogP contribution is 2.28. The van der Waals surface area contributed by atoms with Crippen molar-refractivity contribution in [1.82, 2.24) is 5.32 Å². The van der Waals surface area contributed by atoms with Crippen LogP contribution in [0.15, 0.2) is 24.3 Å². The zero-order valence-electron chi connectivity index (χ0n) is 11.4. The number of carbonyl (C=O) groups is 1. The highest BCUT2D eigenvalue weighted by molar-refractivity contribution is 5.83. The van der Waals surface area contributed by atoms with Gasteiger partial charge in [0, 0.05) is 17.6 Å². The zero-order chi connectivity index (χ0) is 14.0. The highest BCUT2D eigenvalue weighted by Gasteiger charge is 2.40. The van der Waals surface area contributed by atoms with Gasteiger partial charge in [0.1, 0.15) is 5.75 Å². The maximum absolute atomic E-state index is 12.1. The van der Waals surface area contributed by atoms with Gasteiger partial charge in [-0.15, -0.1) is 0 Å². The third kappa shape index (κ3) is 3.01. The second kappa shape index (κ2) is 4.98. The molecule has 0 aromatic heterocycles. The van der Waals surface area contributed by atoms with Crippen LogP contribution in [0.2, 0.25) is 0 Å². The SMILES string of the molecule is CC(C)(N)C(C)(C)C(=O)NCc1ccccc1O. The Kier molecular flexibility index (Phi) is 4.02. The Morgan fingerprint density at radius 1 is 1.28 bits per heavy atom. The smallest absolute Gasteiger partial charge is 0.227 e. The normalized spacial score (nSPS) is 12.3. The second-order valence-corrected chi connectivity index (χ2v) is 5.66. The fourth-order valence-electron chi connectivity index (χ4n) is 1.35. The Morgan fingerprint density at radius 2 is 1.83 bits per heavy atom. The quantitative estimate of drug-likeness (QED) is 0.762. The van der Waals surface area contributed by atoms with Crippen molar-refractivity contribution in [3.63, 3.8) is 0 Å². The summed E-state index contributed by atoms with van der Waals surface area (Å²) in [6.07, 6.45) is 0. The van der Waals surface area contributed by atoms with E-state index in [1.165, 1.54) is 0 Å². The maximum atomic E-state index is 12.1. The van der Waals surface area contributed by atoms with Gasteiger partial charge in [0.25, 0.3) is 0 Å². The summed E-state index contributed by atoms with van der Waals surface area (Å²) in [6.45, 7) is 7.57. The van der Waals surface area contributed by atoms with Crippen molar-refractivity contribution < 1.29 is 9.90 Å². The number of nitrogens with one attached hydrogen (secondary N) is 1. The molecule has 4 heteroatoms. The minimum Gasteiger partial charge on any atom is -0.508 e. The number of para-hydroxylation sites is 1. The minimum absolute atomic E-state index is 0.127. The Morgan fingerprint density at radius 3 is 2.33 bits per heavy atom. The average molecular weight is 250 g/mol. The molecule has 4 nitrogen and oxygen atoms in total. The number of amides is 1. The van der Waals surface area contributed by atoms with Crippen LogP contribution in [-0.2, 0) is 11.3 Å². The lowest BCUT2D eigenvalue weighted by Gasteiger charge is -2.36. The lowest BCUT2D eigenvalue weighted by molar-refractivity contribution is -0.132. The summed E-state index contributed by atoms with van der Waals surface area (Å²) >= 11 is 0. The van der Waals surface area contributed by atoms with E-state index in [-0.39, 0.29) is 11.7 Å². The van der Waals surface area contributed by atoms with Crippen LogP contribution in [-0.4, -0.2) is 16.6 Å². The number of aromatic hydroxyl groups is 1. The Bertz CT molecular complexity index is 434. The Labute approximate surface area is 108 Å². The molecular weight excluding hydrogens is 228 g/mol. The van der Waals surface area contributed by atoms with Gasteiger partial charge < -0.3 is 16.2 Å². The molecule has 1 rings (SSSR count). The van der Waals surface area contributed by atoms with Gasteiger partial charge in [-0.3, -0.25) is 4.79 Å². The first-order valence-corrected chi connectivity index (χ1v) is 6.00. The first kappa shape index (κ1) is 14.5. The molecule has 1 amide bonds. The van der Waals surface area contributed by atoms with Crippen LogP contribution < -0.4 is 11.1 Å². The van der Waals surface area contributed by atoms with Gasteiger partial charge in [0.05, 0.1) is 5.41 Å². The van der Waals surface area contributed by atoms with E-state index in [0.717, 1.165) is 0 Å². The number of hydrogen-bond donors (Lipinski definition) is 3. The maximum Gasteiger partial charge on any atom is 0.227 e. The van der Waals surface area contributed by atoms with Gasteiger partial charge in [-0.25, -0.2) is 0 Å². The number of carbonyl (C=O) groups excluding carboxylic acids is 1. The van der Waals surface area contributed by atoms with Crippen molar-refractivity contribution in [2.75, 3.05) is 0 Å². The van der Waals surface area contributed by atoms with Crippen LogP contribution in [0.4, 0.5) is 0 Å². The molecule has 0 atom stereocenters. The molecule has 0 bridgehead atoms. The molecule has 0 heterocycles.